The molecule has 32 heavy (non-hydrogen) atoms. The first-order valence-electron chi connectivity index (χ1n) is 9.98. The Balaban J connectivity index is 1.35. The topological polar surface area (TPSA) is 92.3 Å². The molecule has 11 heteroatoms. The number of nitrogens with one attached hydrogen (secondary N) is 1. The Morgan fingerprint density at radius 1 is 1.16 bits per heavy atom. The van der Waals surface area contributed by atoms with Crippen molar-refractivity contribution in [2.75, 3.05) is 18.4 Å². The predicted molar refractivity (Wildman–Crippen MR) is 122 cm³/mol. The number of halogens is 1. The molecule has 0 unspecified atom stereocenters. The highest BCUT2D eigenvalue weighted by Crippen LogP contribution is 2.29. The van der Waals surface area contributed by atoms with Gasteiger partial charge in [0, 0.05) is 18.8 Å². The van der Waals surface area contributed by atoms with Crippen LogP contribution >= 0.6 is 23.1 Å². The number of carbonyl (C=O) groups is 1. The number of carbonyl (C=O) groups excluding carboxylic acids is 1. The number of hydrogen-bond acceptors (Lipinski definition) is 7. The molecule has 2 aromatic carbocycles. The van der Waals surface area contributed by atoms with Gasteiger partial charge in [-0.2, -0.15) is 4.31 Å². The Kier molecular flexibility index (Phi) is 7.19. The van der Waals surface area contributed by atoms with Gasteiger partial charge in [-0.1, -0.05) is 53.4 Å². The van der Waals surface area contributed by atoms with Crippen molar-refractivity contribution in [1.29, 1.82) is 0 Å². The Morgan fingerprint density at radius 2 is 1.91 bits per heavy atom. The SMILES string of the molecule is O=C(Nc1nnc(SCc2ccccc2)s1)[C@@H]1CCCN(S(=O)(=O)c2ccc(F)cc2)C1. The van der Waals surface area contributed by atoms with Crippen molar-refractivity contribution in [3.63, 3.8) is 0 Å². The van der Waals surface area contributed by atoms with Crippen molar-refractivity contribution in [2.24, 2.45) is 5.92 Å². The zero-order valence-corrected chi connectivity index (χ0v) is 19.4. The predicted octanol–water partition coefficient (Wildman–Crippen LogP) is 4.01. The fourth-order valence-electron chi connectivity index (χ4n) is 3.38. The first kappa shape index (κ1) is 22.8. The maximum atomic E-state index is 13.2. The quantitative estimate of drug-likeness (QED) is 0.396. The van der Waals surface area contributed by atoms with Crippen molar-refractivity contribution in [2.45, 2.75) is 27.8 Å². The molecule has 1 amide bonds. The molecular formula is C21H21FN4O3S3. The molecule has 1 N–H and O–H groups in total. The number of piperidine rings is 1. The van der Waals surface area contributed by atoms with E-state index in [-0.39, 0.29) is 17.3 Å². The molecule has 1 fully saturated rings. The van der Waals surface area contributed by atoms with Gasteiger partial charge in [0.2, 0.25) is 21.1 Å². The highest BCUT2D eigenvalue weighted by Gasteiger charge is 2.33. The van der Waals surface area contributed by atoms with Gasteiger partial charge in [0.1, 0.15) is 5.82 Å². The van der Waals surface area contributed by atoms with Crippen LogP contribution in [0.5, 0.6) is 0 Å². The lowest BCUT2D eigenvalue weighted by Gasteiger charge is -2.31. The maximum absolute atomic E-state index is 13.2. The van der Waals surface area contributed by atoms with E-state index in [2.05, 4.69) is 15.5 Å². The fraction of sp³-hybridized carbons (Fsp3) is 0.286. The lowest BCUT2D eigenvalue weighted by Crippen LogP contribution is -2.43. The van der Waals surface area contributed by atoms with Gasteiger partial charge in [-0.25, -0.2) is 12.8 Å². The number of amides is 1. The zero-order valence-electron chi connectivity index (χ0n) is 17.0. The summed E-state index contributed by atoms with van der Waals surface area (Å²) in [6, 6.07) is 14.7. The second-order valence-corrected chi connectivity index (χ2v) is 11.4. The normalized spacial score (nSPS) is 17.2. The van der Waals surface area contributed by atoms with Gasteiger partial charge in [0.05, 0.1) is 10.8 Å². The number of sulfonamides is 1. The van der Waals surface area contributed by atoms with Gasteiger partial charge >= 0.3 is 0 Å². The van der Waals surface area contributed by atoms with E-state index in [1.165, 1.54) is 45.1 Å². The Morgan fingerprint density at radius 3 is 2.66 bits per heavy atom. The summed E-state index contributed by atoms with van der Waals surface area (Å²) < 4.78 is 40.9. The van der Waals surface area contributed by atoms with Gasteiger partial charge in [0.15, 0.2) is 4.34 Å². The number of thioether (sulfide) groups is 1. The van der Waals surface area contributed by atoms with Crippen LogP contribution in [-0.4, -0.2) is 41.9 Å². The monoisotopic (exact) mass is 492 g/mol. The summed E-state index contributed by atoms with van der Waals surface area (Å²) in [6.45, 7) is 0.391. The highest BCUT2D eigenvalue weighted by atomic mass is 32.2. The lowest BCUT2D eigenvalue weighted by molar-refractivity contribution is -0.120. The van der Waals surface area contributed by atoms with Gasteiger partial charge in [-0.3, -0.25) is 4.79 Å². The second kappa shape index (κ2) is 10.1. The Hall–Kier alpha value is -2.34. The van der Waals surface area contributed by atoms with Crippen LogP contribution in [0.25, 0.3) is 0 Å². The van der Waals surface area contributed by atoms with E-state index in [0.29, 0.717) is 24.5 Å². The van der Waals surface area contributed by atoms with Crippen molar-refractivity contribution in [1.82, 2.24) is 14.5 Å². The third kappa shape index (κ3) is 5.52. The molecule has 2 heterocycles. The second-order valence-electron chi connectivity index (χ2n) is 7.29. The van der Waals surface area contributed by atoms with Crippen molar-refractivity contribution in [3.8, 4) is 0 Å². The minimum atomic E-state index is -3.79. The summed E-state index contributed by atoms with van der Waals surface area (Å²) in [5.74, 6) is -0.524. The number of rotatable bonds is 7. The van der Waals surface area contributed by atoms with Crippen LogP contribution in [0.1, 0.15) is 18.4 Å². The average molecular weight is 493 g/mol. The van der Waals surface area contributed by atoms with Crippen LogP contribution in [0.15, 0.2) is 63.8 Å². The zero-order chi connectivity index (χ0) is 22.6. The average Bonchev–Trinajstić information content (AvgIpc) is 3.26. The number of nitrogens with zero attached hydrogens (tertiary/aromatic N) is 3. The molecule has 0 saturated carbocycles. The van der Waals surface area contributed by atoms with E-state index in [4.69, 9.17) is 0 Å². The standard InChI is InChI=1S/C21H21FN4O3S3/c22-17-8-10-18(11-9-17)32(28,29)26-12-4-7-16(13-26)19(27)23-20-24-25-21(31-20)30-14-15-5-2-1-3-6-15/h1-3,5-6,8-11,16H,4,7,12-14H2,(H,23,24,27)/t16-/m1/s1. The molecule has 168 valence electrons. The van der Waals surface area contributed by atoms with E-state index >= 15 is 0 Å². The van der Waals surface area contributed by atoms with Gasteiger partial charge in [-0.15, -0.1) is 10.2 Å². The summed E-state index contributed by atoms with van der Waals surface area (Å²) in [6.07, 6.45) is 1.14. The van der Waals surface area contributed by atoms with E-state index in [0.717, 1.165) is 22.2 Å². The Bertz CT molecular complexity index is 1170. The number of aromatic nitrogens is 2. The van der Waals surface area contributed by atoms with Crippen LogP contribution in [0, 0.1) is 11.7 Å². The summed E-state index contributed by atoms with van der Waals surface area (Å²) in [5.41, 5.74) is 1.17. The molecule has 0 bridgehead atoms. The first-order chi connectivity index (χ1) is 15.4. The molecule has 0 radical (unpaired) electrons. The summed E-state index contributed by atoms with van der Waals surface area (Å²) >= 11 is 2.83. The van der Waals surface area contributed by atoms with Crippen LogP contribution in [0.3, 0.4) is 0 Å². The summed E-state index contributed by atoms with van der Waals surface area (Å²) in [5, 5.41) is 11.3. The lowest BCUT2D eigenvalue weighted by atomic mass is 9.99. The molecule has 1 atom stereocenters. The van der Waals surface area contributed by atoms with Gasteiger partial charge < -0.3 is 5.32 Å². The number of hydrogen-bond donors (Lipinski definition) is 1. The molecule has 0 aliphatic carbocycles. The van der Waals surface area contributed by atoms with Gasteiger partial charge in [-0.05, 0) is 42.7 Å². The molecule has 1 aliphatic heterocycles. The van der Waals surface area contributed by atoms with E-state index in [1.807, 2.05) is 30.3 Å². The minimum Gasteiger partial charge on any atom is -0.300 e. The molecule has 4 rings (SSSR count). The van der Waals surface area contributed by atoms with Crippen molar-refractivity contribution < 1.29 is 17.6 Å². The molecule has 7 nitrogen and oxygen atoms in total. The largest absolute Gasteiger partial charge is 0.300 e. The smallest absolute Gasteiger partial charge is 0.243 e. The Labute approximate surface area is 194 Å². The number of anilines is 1. The van der Waals surface area contributed by atoms with Crippen LogP contribution in [-0.2, 0) is 20.6 Å². The van der Waals surface area contributed by atoms with Crippen LogP contribution in [0.2, 0.25) is 0 Å². The minimum absolute atomic E-state index is 0.0177. The molecule has 1 saturated heterocycles. The third-order valence-corrected chi connectivity index (χ3v) is 8.97. The van der Waals surface area contributed by atoms with E-state index < -0.39 is 21.8 Å². The van der Waals surface area contributed by atoms with E-state index in [9.17, 15) is 17.6 Å². The molecule has 1 aliphatic rings. The third-order valence-electron chi connectivity index (χ3n) is 5.05. The van der Waals surface area contributed by atoms with Crippen molar-refractivity contribution >= 4 is 44.2 Å². The molecule has 3 aromatic rings. The summed E-state index contributed by atoms with van der Waals surface area (Å²) in [4.78, 5) is 12.8. The molecule has 1 aromatic heterocycles. The number of benzene rings is 2. The van der Waals surface area contributed by atoms with Crippen LogP contribution < -0.4 is 5.32 Å². The van der Waals surface area contributed by atoms with Crippen LogP contribution in [0.4, 0.5) is 9.52 Å². The molecule has 0 spiro atoms. The maximum Gasteiger partial charge on any atom is 0.243 e. The first-order valence-corrected chi connectivity index (χ1v) is 13.2. The highest BCUT2D eigenvalue weighted by molar-refractivity contribution is 8.00. The molecular weight excluding hydrogens is 471 g/mol. The van der Waals surface area contributed by atoms with Crippen molar-refractivity contribution in [3.05, 3.63) is 66.0 Å². The van der Waals surface area contributed by atoms with E-state index in [1.54, 1.807) is 0 Å². The fourth-order valence-corrected chi connectivity index (χ4v) is 6.61. The summed E-state index contributed by atoms with van der Waals surface area (Å²) in [7, 11) is -3.79. The van der Waals surface area contributed by atoms with Gasteiger partial charge in [0.25, 0.3) is 0 Å².